The molecule has 2 bridgehead atoms. The Morgan fingerprint density at radius 1 is 1.47 bits per heavy atom. The molecule has 1 aromatic rings. The van der Waals surface area contributed by atoms with Crippen LogP contribution in [0.4, 0.5) is 5.69 Å². The Labute approximate surface area is 209 Å². The highest BCUT2D eigenvalue weighted by molar-refractivity contribution is 8.02. The molecule has 0 saturated carbocycles. The van der Waals surface area contributed by atoms with Gasteiger partial charge in [0.2, 0.25) is 5.91 Å². The van der Waals surface area contributed by atoms with E-state index in [-0.39, 0.29) is 42.8 Å². The van der Waals surface area contributed by atoms with Crippen molar-refractivity contribution in [2.75, 3.05) is 24.7 Å². The Morgan fingerprint density at radius 2 is 2.21 bits per heavy atom. The number of aliphatic hydroxyl groups is 1. The molecule has 9 heteroatoms. The van der Waals surface area contributed by atoms with E-state index < -0.39 is 28.7 Å². The fourth-order valence-electron chi connectivity index (χ4n) is 5.97. The molecule has 3 heterocycles. The number of benzene rings is 1. The van der Waals surface area contributed by atoms with Gasteiger partial charge >= 0.3 is 5.97 Å². The fraction of sp³-hybridized carbons (Fsp3) is 0.560. The summed E-state index contributed by atoms with van der Waals surface area (Å²) < 4.78 is 4.58. The first kappa shape index (κ1) is 25.1. The van der Waals surface area contributed by atoms with Crippen molar-refractivity contribution in [2.45, 2.75) is 55.7 Å². The van der Waals surface area contributed by atoms with Crippen LogP contribution >= 0.6 is 23.4 Å². The third kappa shape index (κ3) is 3.65. The number of rotatable bonds is 8. The van der Waals surface area contributed by atoms with Gasteiger partial charge in [0.15, 0.2) is 0 Å². The molecular formula is C25H31ClN2O5S. The van der Waals surface area contributed by atoms with E-state index in [1.165, 1.54) is 4.90 Å². The number of para-hydroxylation sites is 1. The number of esters is 1. The molecule has 184 valence electrons. The topological polar surface area (TPSA) is 87.2 Å². The number of nitrogens with zero attached hydrogens (tertiary/aromatic N) is 2. The Morgan fingerprint density at radius 3 is 2.82 bits per heavy atom. The van der Waals surface area contributed by atoms with E-state index in [2.05, 4.69) is 6.58 Å². The molecule has 2 unspecified atom stereocenters. The van der Waals surface area contributed by atoms with E-state index in [9.17, 15) is 19.5 Å². The SMILES string of the molecule is C=CCN(C(=O)C1N([C@H](C)CO)C(=O)[C@@H]2[C@H](C(=O)OCC)[C@@H]3CCC12S3)c1c(C)cccc1Cl. The number of carbonyl (C=O) groups excluding carboxylic acids is 3. The number of likely N-dealkylation sites (tertiary alicyclic amines) is 1. The molecule has 3 aliphatic rings. The molecule has 1 aromatic carbocycles. The number of fused-ring (bicyclic) bond motifs is 1. The summed E-state index contributed by atoms with van der Waals surface area (Å²) in [5.41, 5.74) is 1.41. The molecule has 1 N–H and O–H groups in total. The predicted molar refractivity (Wildman–Crippen MR) is 133 cm³/mol. The Hall–Kier alpha value is -2.03. The first-order chi connectivity index (χ1) is 16.2. The minimum atomic E-state index is -0.836. The van der Waals surface area contributed by atoms with E-state index in [4.69, 9.17) is 16.3 Å². The summed E-state index contributed by atoms with van der Waals surface area (Å²) >= 11 is 8.11. The molecule has 4 rings (SSSR count). The van der Waals surface area contributed by atoms with E-state index >= 15 is 0 Å². The second kappa shape index (κ2) is 9.55. The zero-order valence-electron chi connectivity index (χ0n) is 19.7. The summed E-state index contributed by atoms with van der Waals surface area (Å²) in [4.78, 5) is 44.2. The number of hydrogen-bond donors (Lipinski definition) is 1. The van der Waals surface area contributed by atoms with Crippen molar-refractivity contribution in [3.63, 3.8) is 0 Å². The van der Waals surface area contributed by atoms with Crippen LogP contribution in [0.2, 0.25) is 5.02 Å². The van der Waals surface area contributed by atoms with Crippen LogP contribution in [0.3, 0.4) is 0 Å². The zero-order valence-corrected chi connectivity index (χ0v) is 21.3. The first-order valence-corrected chi connectivity index (χ1v) is 12.9. The second-order valence-electron chi connectivity index (χ2n) is 9.23. The van der Waals surface area contributed by atoms with Crippen molar-refractivity contribution in [1.82, 2.24) is 4.90 Å². The van der Waals surface area contributed by atoms with E-state index in [1.807, 2.05) is 19.1 Å². The number of halogens is 1. The fourth-order valence-corrected chi connectivity index (χ4v) is 8.48. The van der Waals surface area contributed by atoms with Gasteiger partial charge in [0, 0.05) is 11.8 Å². The maximum absolute atomic E-state index is 14.4. The molecule has 3 aliphatic heterocycles. The van der Waals surface area contributed by atoms with E-state index in [0.29, 0.717) is 17.1 Å². The molecule has 1 spiro atoms. The first-order valence-electron chi connectivity index (χ1n) is 11.7. The summed E-state index contributed by atoms with van der Waals surface area (Å²) in [6.07, 6.45) is 3.01. The van der Waals surface area contributed by atoms with Crippen molar-refractivity contribution in [3.05, 3.63) is 41.4 Å². The minimum absolute atomic E-state index is 0.0650. The Kier molecular flexibility index (Phi) is 7.04. The molecule has 34 heavy (non-hydrogen) atoms. The van der Waals surface area contributed by atoms with Gasteiger partial charge in [0.25, 0.3) is 5.91 Å². The normalized spacial score (nSPS) is 30.3. The quantitative estimate of drug-likeness (QED) is 0.430. The number of aliphatic hydroxyl groups excluding tert-OH is 1. The highest BCUT2D eigenvalue weighted by atomic mass is 35.5. The van der Waals surface area contributed by atoms with Gasteiger partial charge in [-0.1, -0.05) is 29.8 Å². The summed E-state index contributed by atoms with van der Waals surface area (Å²) in [7, 11) is 0. The number of anilines is 1. The van der Waals surface area contributed by atoms with Crippen molar-refractivity contribution >= 4 is 46.8 Å². The lowest BCUT2D eigenvalue weighted by Gasteiger charge is -2.39. The minimum Gasteiger partial charge on any atom is -0.466 e. The van der Waals surface area contributed by atoms with E-state index in [0.717, 1.165) is 12.0 Å². The van der Waals surface area contributed by atoms with Crippen LogP contribution in [-0.4, -0.2) is 69.6 Å². The second-order valence-corrected chi connectivity index (χ2v) is 11.2. The number of carbonyl (C=O) groups is 3. The van der Waals surface area contributed by atoms with Crippen LogP contribution in [0.15, 0.2) is 30.9 Å². The highest BCUT2D eigenvalue weighted by Crippen LogP contribution is 2.67. The lowest BCUT2D eigenvalue weighted by atomic mass is 9.71. The largest absolute Gasteiger partial charge is 0.466 e. The average molecular weight is 507 g/mol. The zero-order chi connectivity index (χ0) is 24.8. The Bertz CT molecular complexity index is 999. The molecule has 0 aliphatic carbocycles. The average Bonchev–Trinajstić information content (AvgIpc) is 3.45. The number of thioether (sulfide) groups is 1. The molecule has 3 fully saturated rings. The predicted octanol–water partition coefficient (Wildman–Crippen LogP) is 3.20. The van der Waals surface area contributed by atoms with Gasteiger partial charge in [-0.15, -0.1) is 18.3 Å². The standard InChI is InChI=1S/C25H31ClN2O5S/c1-5-12-27(20-14(3)8-7-9-16(20)26)23(31)21-25-11-10-17(34-25)18(24(32)33-6-2)19(25)22(30)28(21)15(4)13-29/h5,7-9,15,17-19,21,29H,1,6,10-13H2,2-4H3/t15-,17+,18-,19+,21?,25?/m1/s1. The monoisotopic (exact) mass is 506 g/mol. The third-order valence-corrected chi connectivity index (χ3v) is 9.56. The summed E-state index contributed by atoms with van der Waals surface area (Å²) in [6, 6.07) is 4.02. The van der Waals surface area contributed by atoms with Gasteiger partial charge in [-0.05, 0) is 45.2 Å². The van der Waals surface area contributed by atoms with Gasteiger partial charge in [-0.3, -0.25) is 14.4 Å². The number of ether oxygens (including phenoxy) is 1. The molecular weight excluding hydrogens is 476 g/mol. The van der Waals surface area contributed by atoms with Gasteiger partial charge in [-0.25, -0.2) is 0 Å². The lowest BCUT2D eigenvalue weighted by Crippen LogP contribution is -2.57. The van der Waals surface area contributed by atoms with Crippen LogP contribution < -0.4 is 4.90 Å². The van der Waals surface area contributed by atoms with Crippen LogP contribution in [0, 0.1) is 18.8 Å². The maximum Gasteiger partial charge on any atom is 0.310 e. The Balaban J connectivity index is 1.83. The lowest BCUT2D eigenvalue weighted by molar-refractivity contribution is -0.154. The van der Waals surface area contributed by atoms with Crippen molar-refractivity contribution in [3.8, 4) is 0 Å². The number of aryl methyl sites for hydroxylation is 1. The third-order valence-electron chi connectivity index (χ3n) is 7.31. The van der Waals surface area contributed by atoms with Gasteiger partial charge in [0.1, 0.15) is 6.04 Å². The van der Waals surface area contributed by atoms with Crippen molar-refractivity contribution < 1.29 is 24.2 Å². The summed E-state index contributed by atoms with van der Waals surface area (Å²) in [6.45, 7) is 9.34. The van der Waals surface area contributed by atoms with Crippen molar-refractivity contribution in [1.29, 1.82) is 0 Å². The van der Waals surface area contributed by atoms with E-state index in [1.54, 1.807) is 42.7 Å². The molecule has 3 saturated heterocycles. The molecule has 0 radical (unpaired) electrons. The molecule has 2 amide bonds. The van der Waals surface area contributed by atoms with Crippen LogP contribution in [0.5, 0.6) is 0 Å². The maximum atomic E-state index is 14.4. The smallest absolute Gasteiger partial charge is 0.310 e. The van der Waals surface area contributed by atoms with Crippen LogP contribution in [-0.2, 0) is 19.1 Å². The van der Waals surface area contributed by atoms with Crippen LogP contribution in [0.1, 0.15) is 32.3 Å². The molecule has 0 aromatic heterocycles. The number of amides is 2. The van der Waals surface area contributed by atoms with Crippen LogP contribution in [0.25, 0.3) is 0 Å². The van der Waals surface area contributed by atoms with Gasteiger partial charge in [0.05, 0.1) is 46.5 Å². The number of hydrogen-bond acceptors (Lipinski definition) is 6. The van der Waals surface area contributed by atoms with Gasteiger partial charge in [-0.2, -0.15) is 0 Å². The summed E-state index contributed by atoms with van der Waals surface area (Å²) in [5.74, 6) is -2.16. The summed E-state index contributed by atoms with van der Waals surface area (Å²) in [5, 5.41) is 10.4. The highest BCUT2D eigenvalue weighted by Gasteiger charge is 2.74. The van der Waals surface area contributed by atoms with Gasteiger partial charge < -0.3 is 19.6 Å². The molecule has 7 nitrogen and oxygen atoms in total. The van der Waals surface area contributed by atoms with Crippen molar-refractivity contribution in [2.24, 2.45) is 11.8 Å². The molecule has 6 atom stereocenters.